The number of thioether (sulfide) groups is 1. The number of hydrogen-bond acceptors (Lipinski definition) is 5. The Morgan fingerprint density at radius 1 is 1.45 bits per heavy atom. The average Bonchev–Trinajstić information content (AvgIpc) is 2.80. The van der Waals surface area contributed by atoms with Crippen LogP contribution in [0.4, 0.5) is 0 Å². The number of rotatable bonds is 8. The first-order chi connectivity index (χ1) is 9.32. The average molecular weight is 299 g/mol. The van der Waals surface area contributed by atoms with Crippen molar-refractivity contribution in [1.82, 2.24) is 25.4 Å². The molecule has 0 spiro atoms. The monoisotopic (exact) mass is 299 g/mol. The molecule has 114 valence electrons. The zero-order valence-corrected chi connectivity index (χ0v) is 13.8. The van der Waals surface area contributed by atoms with E-state index in [-0.39, 0.29) is 11.3 Å². The van der Waals surface area contributed by atoms with Crippen molar-refractivity contribution in [3.05, 3.63) is 5.82 Å². The predicted molar refractivity (Wildman–Crippen MR) is 81.8 cm³/mol. The van der Waals surface area contributed by atoms with Crippen LogP contribution in [-0.4, -0.2) is 58.9 Å². The van der Waals surface area contributed by atoms with E-state index in [2.05, 4.69) is 39.2 Å². The lowest BCUT2D eigenvalue weighted by molar-refractivity contribution is -0.119. The lowest BCUT2D eigenvalue weighted by Crippen LogP contribution is -2.40. The minimum absolute atomic E-state index is 0.0182. The van der Waals surface area contributed by atoms with Crippen molar-refractivity contribution in [1.29, 1.82) is 0 Å². The summed E-state index contributed by atoms with van der Waals surface area (Å²) in [7, 11) is 4.07. The molecule has 1 aromatic heterocycles. The smallest absolute Gasteiger partial charge is 0.230 e. The molecule has 0 aromatic carbocycles. The fraction of sp³-hybridized carbons (Fsp3) is 0.769. The molecule has 7 heteroatoms. The summed E-state index contributed by atoms with van der Waals surface area (Å²) in [5, 5.41) is 10.5. The number of carbonyl (C=O) groups is 1. The maximum absolute atomic E-state index is 11.8. The second-order valence-electron chi connectivity index (χ2n) is 5.89. The third-order valence-electron chi connectivity index (χ3n) is 2.69. The molecule has 0 unspecified atom stereocenters. The minimum atomic E-state index is 0.0182. The molecule has 0 aliphatic carbocycles. The van der Waals surface area contributed by atoms with Crippen LogP contribution in [0.15, 0.2) is 5.16 Å². The number of nitrogens with one attached hydrogen (secondary N) is 2. The molecule has 0 aliphatic rings. The molecule has 0 saturated heterocycles. The quantitative estimate of drug-likeness (QED) is 0.705. The Kier molecular flexibility index (Phi) is 6.48. The van der Waals surface area contributed by atoms with Crippen molar-refractivity contribution in [3.63, 3.8) is 0 Å². The minimum Gasteiger partial charge on any atom is -0.355 e. The SMILES string of the molecule is CCc1nc(SCC(=O)NCC(C)(C)CN(C)C)n[nH]1. The van der Waals surface area contributed by atoms with Gasteiger partial charge in [0.25, 0.3) is 0 Å². The number of amides is 1. The predicted octanol–water partition coefficient (Wildman–Crippen LogP) is 1.16. The van der Waals surface area contributed by atoms with E-state index in [1.807, 2.05) is 21.0 Å². The fourth-order valence-electron chi connectivity index (χ4n) is 1.93. The number of hydrogen-bond donors (Lipinski definition) is 2. The van der Waals surface area contributed by atoms with E-state index in [0.29, 0.717) is 17.5 Å². The number of H-pyrrole nitrogens is 1. The third kappa shape index (κ3) is 6.38. The highest BCUT2D eigenvalue weighted by Gasteiger charge is 2.19. The molecular weight excluding hydrogens is 274 g/mol. The molecule has 1 aromatic rings. The maximum Gasteiger partial charge on any atom is 0.230 e. The largest absolute Gasteiger partial charge is 0.355 e. The molecule has 0 radical (unpaired) electrons. The Balaban J connectivity index is 2.30. The molecule has 0 saturated carbocycles. The topological polar surface area (TPSA) is 73.9 Å². The summed E-state index contributed by atoms with van der Waals surface area (Å²) in [6.45, 7) is 7.89. The second-order valence-corrected chi connectivity index (χ2v) is 6.83. The molecule has 0 fully saturated rings. The maximum atomic E-state index is 11.8. The van der Waals surface area contributed by atoms with Crippen LogP contribution in [0.1, 0.15) is 26.6 Å². The van der Waals surface area contributed by atoms with Crippen molar-refractivity contribution < 1.29 is 4.79 Å². The van der Waals surface area contributed by atoms with Crippen LogP contribution in [0.25, 0.3) is 0 Å². The highest BCUT2D eigenvalue weighted by atomic mass is 32.2. The van der Waals surface area contributed by atoms with Crippen LogP contribution in [-0.2, 0) is 11.2 Å². The normalized spacial score (nSPS) is 11.9. The Hall–Kier alpha value is -1.08. The first-order valence-corrected chi connectivity index (χ1v) is 7.76. The van der Waals surface area contributed by atoms with E-state index in [1.165, 1.54) is 11.8 Å². The van der Waals surface area contributed by atoms with Gasteiger partial charge in [0.1, 0.15) is 5.82 Å². The highest BCUT2D eigenvalue weighted by Crippen LogP contribution is 2.15. The van der Waals surface area contributed by atoms with E-state index in [4.69, 9.17) is 0 Å². The van der Waals surface area contributed by atoms with Gasteiger partial charge in [0.05, 0.1) is 5.75 Å². The van der Waals surface area contributed by atoms with Crippen molar-refractivity contribution >= 4 is 17.7 Å². The van der Waals surface area contributed by atoms with Gasteiger partial charge in [0.15, 0.2) is 0 Å². The van der Waals surface area contributed by atoms with Crippen LogP contribution in [0.5, 0.6) is 0 Å². The lowest BCUT2D eigenvalue weighted by atomic mass is 9.93. The number of nitrogens with zero attached hydrogens (tertiary/aromatic N) is 3. The summed E-state index contributed by atoms with van der Waals surface area (Å²) in [5.41, 5.74) is 0.0593. The van der Waals surface area contributed by atoms with E-state index >= 15 is 0 Å². The van der Waals surface area contributed by atoms with Crippen molar-refractivity contribution in [2.75, 3.05) is 32.9 Å². The van der Waals surface area contributed by atoms with E-state index in [9.17, 15) is 4.79 Å². The highest BCUT2D eigenvalue weighted by molar-refractivity contribution is 7.99. The van der Waals surface area contributed by atoms with Crippen molar-refractivity contribution in [2.45, 2.75) is 32.3 Å². The van der Waals surface area contributed by atoms with Gasteiger partial charge in [-0.3, -0.25) is 9.89 Å². The number of aromatic amines is 1. The number of aromatic nitrogens is 3. The van der Waals surface area contributed by atoms with Crippen molar-refractivity contribution in [2.24, 2.45) is 5.41 Å². The van der Waals surface area contributed by atoms with Crippen molar-refractivity contribution in [3.8, 4) is 0 Å². The number of aryl methyl sites for hydroxylation is 1. The van der Waals surface area contributed by atoms with E-state index < -0.39 is 0 Å². The van der Waals surface area contributed by atoms with Crippen LogP contribution < -0.4 is 5.32 Å². The van der Waals surface area contributed by atoms with Gasteiger partial charge in [0.2, 0.25) is 11.1 Å². The van der Waals surface area contributed by atoms with Crippen LogP contribution >= 0.6 is 11.8 Å². The summed E-state index contributed by atoms with van der Waals surface area (Å²) >= 11 is 1.35. The van der Waals surface area contributed by atoms with Gasteiger partial charge in [-0.1, -0.05) is 32.5 Å². The van der Waals surface area contributed by atoms with Gasteiger partial charge in [-0.25, -0.2) is 4.98 Å². The van der Waals surface area contributed by atoms with Gasteiger partial charge in [-0.15, -0.1) is 5.10 Å². The summed E-state index contributed by atoms with van der Waals surface area (Å²) in [6, 6.07) is 0. The van der Waals surface area contributed by atoms with Gasteiger partial charge in [-0.05, 0) is 19.5 Å². The molecule has 1 amide bonds. The second kappa shape index (κ2) is 7.64. The fourth-order valence-corrected chi connectivity index (χ4v) is 2.58. The Bertz CT molecular complexity index is 430. The molecule has 0 atom stereocenters. The van der Waals surface area contributed by atoms with Gasteiger partial charge in [0, 0.05) is 19.5 Å². The molecule has 1 heterocycles. The molecule has 6 nitrogen and oxygen atoms in total. The van der Waals surface area contributed by atoms with Gasteiger partial charge >= 0.3 is 0 Å². The standard InChI is InChI=1S/C13H25N5OS/c1-6-10-15-12(17-16-10)20-7-11(19)14-8-13(2,3)9-18(4)5/h6-9H2,1-5H3,(H,14,19)(H,15,16,17). The number of carbonyl (C=O) groups excluding carboxylic acids is 1. The van der Waals surface area contributed by atoms with Gasteiger partial charge < -0.3 is 10.2 Å². The molecule has 20 heavy (non-hydrogen) atoms. The Morgan fingerprint density at radius 2 is 2.15 bits per heavy atom. The first-order valence-electron chi connectivity index (χ1n) is 6.78. The summed E-state index contributed by atoms with van der Waals surface area (Å²) in [5.74, 6) is 1.21. The van der Waals surface area contributed by atoms with E-state index in [1.54, 1.807) is 0 Å². The van der Waals surface area contributed by atoms with Crippen LogP contribution in [0, 0.1) is 5.41 Å². The summed E-state index contributed by atoms with van der Waals surface area (Å²) < 4.78 is 0. The third-order valence-corrected chi connectivity index (χ3v) is 3.53. The zero-order chi connectivity index (χ0) is 15.2. The first kappa shape index (κ1) is 17.0. The summed E-state index contributed by atoms with van der Waals surface area (Å²) in [4.78, 5) is 18.2. The van der Waals surface area contributed by atoms with Crippen LogP contribution in [0.3, 0.4) is 0 Å². The van der Waals surface area contributed by atoms with Crippen LogP contribution in [0.2, 0.25) is 0 Å². The molecule has 2 N–H and O–H groups in total. The van der Waals surface area contributed by atoms with Gasteiger partial charge in [-0.2, -0.15) is 0 Å². The van der Waals surface area contributed by atoms with E-state index in [0.717, 1.165) is 18.8 Å². The molecule has 0 aliphatic heterocycles. The molecule has 1 rings (SSSR count). The zero-order valence-electron chi connectivity index (χ0n) is 13.0. The lowest BCUT2D eigenvalue weighted by Gasteiger charge is -2.28. The Morgan fingerprint density at radius 3 is 2.70 bits per heavy atom. The Labute approximate surface area is 125 Å². The molecule has 0 bridgehead atoms. The molecular formula is C13H25N5OS. The summed E-state index contributed by atoms with van der Waals surface area (Å²) in [6.07, 6.45) is 0.818.